The van der Waals surface area contributed by atoms with Gasteiger partial charge in [-0.25, -0.2) is 9.67 Å². The van der Waals surface area contributed by atoms with Crippen molar-refractivity contribution in [2.75, 3.05) is 0 Å². The fourth-order valence-electron chi connectivity index (χ4n) is 1.13. The number of aryl methyl sites for hydroxylation is 1. The highest BCUT2D eigenvalue weighted by Crippen LogP contribution is 2.23. The van der Waals surface area contributed by atoms with E-state index in [2.05, 4.69) is 10.1 Å². The Hall–Kier alpha value is -1.06. The minimum Gasteiger partial charge on any atom is -0.220 e. The minimum absolute atomic E-state index is 0.558. The second-order valence-corrected chi connectivity index (χ2v) is 3.68. The van der Waals surface area contributed by atoms with E-state index >= 15 is 0 Å². The van der Waals surface area contributed by atoms with E-state index < -0.39 is 0 Å². The molecule has 0 radical (unpaired) electrons. The van der Waals surface area contributed by atoms with Gasteiger partial charge in [-0.1, -0.05) is 23.2 Å². The lowest BCUT2D eigenvalue weighted by Gasteiger charge is -2.02. The van der Waals surface area contributed by atoms with Crippen LogP contribution in [0.2, 0.25) is 10.0 Å². The predicted molar refractivity (Wildman–Crippen MR) is 56.1 cm³/mol. The lowest BCUT2D eigenvalue weighted by atomic mass is 10.3. The molecule has 3 nitrogen and oxygen atoms in total. The van der Waals surface area contributed by atoms with Crippen LogP contribution in [0.3, 0.4) is 0 Å². The molecule has 0 aliphatic carbocycles. The predicted octanol–water partition coefficient (Wildman–Crippen LogP) is 2.88. The summed E-state index contributed by atoms with van der Waals surface area (Å²) in [5, 5.41) is 5.31. The molecule has 0 spiro atoms. The van der Waals surface area contributed by atoms with E-state index in [1.54, 1.807) is 29.2 Å². The molecule has 1 heterocycles. The van der Waals surface area contributed by atoms with Crippen LogP contribution in [0.5, 0.6) is 0 Å². The summed E-state index contributed by atoms with van der Waals surface area (Å²) in [5.41, 5.74) is 0.775. The van der Waals surface area contributed by atoms with E-state index in [1.165, 1.54) is 0 Å². The molecular formula is C9H7Cl2N3. The topological polar surface area (TPSA) is 30.7 Å². The SMILES string of the molecule is Cc1ncn(-c2ccc(Cl)cc2Cl)n1. The van der Waals surface area contributed by atoms with E-state index in [1.807, 2.05) is 6.92 Å². The molecule has 0 saturated carbocycles. The molecule has 2 aromatic rings. The van der Waals surface area contributed by atoms with Crippen LogP contribution in [0, 0.1) is 6.92 Å². The van der Waals surface area contributed by atoms with E-state index in [0.29, 0.717) is 15.9 Å². The Bertz CT molecular complexity index is 465. The zero-order valence-electron chi connectivity index (χ0n) is 7.41. The molecule has 0 N–H and O–H groups in total. The summed E-state index contributed by atoms with van der Waals surface area (Å²) in [7, 11) is 0. The quantitative estimate of drug-likeness (QED) is 0.751. The molecule has 72 valence electrons. The molecule has 5 heteroatoms. The monoisotopic (exact) mass is 227 g/mol. The number of aromatic nitrogens is 3. The first-order chi connectivity index (χ1) is 6.66. The number of hydrogen-bond acceptors (Lipinski definition) is 2. The van der Waals surface area contributed by atoms with Gasteiger partial charge in [0.15, 0.2) is 0 Å². The van der Waals surface area contributed by atoms with Crippen molar-refractivity contribution in [1.29, 1.82) is 0 Å². The van der Waals surface area contributed by atoms with Crippen molar-refractivity contribution in [1.82, 2.24) is 14.8 Å². The van der Waals surface area contributed by atoms with Gasteiger partial charge in [0.1, 0.15) is 12.2 Å². The highest BCUT2D eigenvalue weighted by atomic mass is 35.5. The zero-order chi connectivity index (χ0) is 10.1. The van der Waals surface area contributed by atoms with Gasteiger partial charge in [-0.15, -0.1) is 0 Å². The third kappa shape index (κ3) is 1.74. The van der Waals surface area contributed by atoms with E-state index in [9.17, 15) is 0 Å². The fraction of sp³-hybridized carbons (Fsp3) is 0.111. The maximum absolute atomic E-state index is 6.00. The second kappa shape index (κ2) is 3.59. The average Bonchev–Trinajstić information content (AvgIpc) is 2.51. The Balaban J connectivity index is 2.52. The average molecular weight is 228 g/mol. The molecule has 1 aromatic carbocycles. The van der Waals surface area contributed by atoms with Gasteiger partial charge >= 0.3 is 0 Å². The maximum atomic E-state index is 6.00. The summed E-state index contributed by atoms with van der Waals surface area (Å²) in [6.07, 6.45) is 1.62. The molecule has 14 heavy (non-hydrogen) atoms. The van der Waals surface area contributed by atoms with Crippen LogP contribution >= 0.6 is 23.2 Å². The Labute approximate surface area is 91.3 Å². The summed E-state index contributed by atoms with van der Waals surface area (Å²) in [6, 6.07) is 5.24. The van der Waals surface area contributed by atoms with Crippen LogP contribution < -0.4 is 0 Å². The molecular weight excluding hydrogens is 221 g/mol. The third-order valence-corrected chi connectivity index (χ3v) is 2.30. The van der Waals surface area contributed by atoms with Crippen molar-refractivity contribution >= 4 is 23.2 Å². The van der Waals surface area contributed by atoms with Gasteiger partial charge in [0.25, 0.3) is 0 Å². The molecule has 0 amide bonds. The molecule has 0 atom stereocenters. The maximum Gasteiger partial charge on any atom is 0.147 e. The molecule has 0 unspecified atom stereocenters. The normalized spacial score (nSPS) is 10.5. The lowest BCUT2D eigenvalue weighted by Crippen LogP contribution is -1.95. The number of nitrogens with zero attached hydrogens (tertiary/aromatic N) is 3. The largest absolute Gasteiger partial charge is 0.220 e. The van der Waals surface area contributed by atoms with Crippen LogP contribution in [0.1, 0.15) is 5.82 Å². The summed E-state index contributed by atoms with van der Waals surface area (Å²) in [6.45, 7) is 1.82. The van der Waals surface area contributed by atoms with Crippen LogP contribution in [-0.2, 0) is 0 Å². The highest BCUT2D eigenvalue weighted by molar-refractivity contribution is 6.35. The number of benzene rings is 1. The van der Waals surface area contributed by atoms with Crippen molar-refractivity contribution in [2.24, 2.45) is 0 Å². The third-order valence-electron chi connectivity index (χ3n) is 1.76. The Morgan fingerprint density at radius 1 is 1.29 bits per heavy atom. The number of halogens is 2. The summed E-state index contributed by atoms with van der Waals surface area (Å²) >= 11 is 11.8. The van der Waals surface area contributed by atoms with Crippen LogP contribution in [0.25, 0.3) is 5.69 Å². The highest BCUT2D eigenvalue weighted by Gasteiger charge is 2.04. The van der Waals surface area contributed by atoms with E-state index in [-0.39, 0.29) is 0 Å². The molecule has 0 aliphatic rings. The second-order valence-electron chi connectivity index (χ2n) is 2.83. The van der Waals surface area contributed by atoms with Gasteiger partial charge in [0, 0.05) is 5.02 Å². The van der Waals surface area contributed by atoms with Gasteiger partial charge in [0.2, 0.25) is 0 Å². The zero-order valence-corrected chi connectivity index (χ0v) is 8.92. The van der Waals surface area contributed by atoms with Gasteiger partial charge in [-0.2, -0.15) is 5.10 Å². The van der Waals surface area contributed by atoms with Gasteiger partial charge < -0.3 is 0 Å². The van der Waals surface area contributed by atoms with E-state index in [0.717, 1.165) is 5.69 Å². The molecule has 2 rings (SSSR count). The summed E-state index contributed by atoms with van der Waals surface area (Å²) < 4.78 is 1.62. The molecule has 0 bridgehead atoms. The molecule has 0 saturated heterocycles. The Morgan fingerprint density at radius 2 is 2.07 bits per heavy atom. The first-order valence-electron chi connectivity index (χ1n) is 4.00. The minimum atomic E-state index is 0.558. The van der Waals surface area contributed by atoms with Crippen LogP contribution in [0.15, 0.2) is 24.5 Å². The van der Waals surface area contributed by atoms with Crippen molar-refractivity contribution in [3.63, 3.8) is 0 Å². The number of hydrogen-bond donors (Lipinski definition) is 0. The number of rotatable bonds is 1. The Morgan fingerprint density at radius 3 is 2.64 bits per heavy atom. The molecule has 0 fully saturated rings. The smallest absolute Gasteiger partial charge is 0.147 e. The lowest BCUT2D eigenvalue weighted by molar-refractivity contribution is 0.863. The van der Waals surface area contributed by atoms with Crippen molar-refractivity contribution < 1.29 is 0 Å². The summed E-state index contributed by atoms with van der Waals surface area (Å²) in [4.78, 5) is 4.02. The van der Waals surface area contributed by atoms with Gasteiger partial charge in [-0.05, 0) is 25.1 Å². The molecule has 0 aliphatic heterocycles. The van der Waals surface area contributed by atoms with Crippen LogP contribution in [0.4, 0.5) is 0 Å². The first-order valence-corrected chi connectivity index (χ1v) is 4.76. The van der Waals surface area contributed by atoms with E-state index in [4.69, 9.17) is 23.2 Å². The summed E-state index contributed by atoms with van der Waals surface area (Å²) in [5.74, 6) is 0.705. The first kappa shape index (κ1) is 9.49. The fourth-order valence-corrected chi connectivity index (χ4v) is 1.62. The van der Waals surface area contributed by atoms with Crippen molar-refractivity contribution in [3.8, 4) is 5.69 Å². The standard InChI is InChI=1S/C9H7Cl2N3/c1-6-12-5-14(13-6)9-3-2-7(10)4-8(9)11/h2-5H,1H3. The van der Waals surface area contributed by atoms with Crippen molar-refractivity contribution in [2.45, 2.75) is 6.92 Å². The van der Waals surface area contributed by atoms with Crippen molar-refractivity contribution in [3.05, 3.63) is 40.4 Å². The Kier molecular flexibility index (Phi) is 2.44. The van der Waals surface area contributed by atoms with Crippen LogP contribution in [-0.4, -0.2) is 14.8 Å². The van der Waals surface area contributed by atoms with Gasteiger partial charge in [0.05, 0.1) is 10.7 Å². The molecule has 1 aromatic heterocycles. The van der Waals surface area contributed by atoms with Gasteiger partial charge in [-0.3, -0.25) is 0 Å².